The van der Waals surface area contributed by atoms with Crippen LogP contribution in [0.15, 0.2) is 54.6 Å². The van der Waals surface area contributed by atoms with E-state index in [1.165, 1.54) is 5.56 Å². The van der Waals surface area contributed by atoms with Gasteiger partial charge in [0.15, 0.2) is 0 Å². The number of nitrogens with one attached hydrogen (secondary N) is 1. The molecule has 1 N–H and O–H groups in total. The Morgan fingerprint density at radius 1 is 0.935 bits per heavy atom. The highest BCUT2D eigenvalue weighted by atomic mass is 16.5. The van der Waals surface area contributed by atoms with E-state index in [-0.39, 0.29) is 5.91 Å². The molecule has 0 atom stereocenters. The first kappa shape index (κ1) is 20.7. The predicted octanol–water partition coefficient (Wildman–Crippen LogP) is 3.81. The molecular weight excluding hydrogens is 390 g/mol. The van der Waals surface area contributed by atoms with Crippen molar-refractivity contribution in [2.75, 3.05) is 43.5 Å². The first-order chi connectivity index (χ1) is 15.0. The van der Waals surface area contributed by atoms with Gasteiger partial charge >= 0.3 is 0 Å². The first-order valence-electron chi connectivity index (χ1n) is 10.4. The van der Waals surface area contributed by atoms with E-state index in [4.69, 9.17) is 4.74 Å². The lowest BCUT2D eigenvalue weighted by atomic mass is 10.1. The molecule has 2 heterocycles. The van der Waals surface area contributed by atoms with Crippen molar-refractivity contribution in [3.8, 4) is 5.75 Å². The summed E-state index contributed by atoms with van der Waals surface area (Å²) < 4.78 is 5.17. The minimum atomic E-state index is 0.0443. The number of anilines is 3. The molecular formula is C24H27N5O2. The van der Waals surface area contributed by atoms with Gasteiger partial charge in [-0.25, -0.2) is 9.97 Å². The number of hydrogen-bond donors (Lipinski definition) is 1. The third-order valence-electron chi connectivity index (χ3n) is 5.38. The fourth-order valence-corrected chi connectivity index (χ4v) is 3.62. The highest BCUT2D eigenvalue weighted by molar-refractivity contribution is 5.94. The molecule has 1 saturated heterocycles. The van der Waals surface area contributed by atoms with Gasteiger partial charge in [0.05, 0.1) is 7.11 Å². The number of amides is 1. The standard InChI is InChI=1S/C24H27N5O2/c1-17-4-8-20(9-5-17)27-22-16-23(26-18(2)25-22)28-12-14-29(15-13-28)24(30)19-6-10-21(31-3)11-7-19/h4-11,16H,12-15H2,1-3H3,(H,25,26,27). The smallest absolute Gasteiger partial charge is 0.253 e. The Morgan fingerprint density at radius 2 is 1.61 bits per heavy atom. The maximum atomic E-state index is 12.8. The summed E-state index contributed by atoms with van der Waals surface area (Å²) in [5.41, 5.74) is 2.88. The zero-order valence-corrected chi connectivity index (χ0v) is 18.1. The fraction of sp³-hybridized carbons (Fsp3) is 0.292. The molecule has 4 rings (SSSR count). The monoisotopic (exact) mass is 417 g/mol. The minimum Gasteiger partial charge on any atom is -0.497 e. The molecule has 3 aromatic rings. The molecule has 7 heteroatoms. The lowest BCUT2D eigenvalue weighted by Crippen LogP contribution is -2.49. The summed E-state index contributed by atoms with van der Waals surface area (Å²) >= 11 is 0. The van der Waals surface area contributed by atoms with Crippen molar-refractivity contribution in [1.29, 1.82) is 0 Å². The summed E-state index contributed by atoms with van der Waals surface area (Å²) in [5, 5.41) is 3.36. The Bertz CT molecular complexity index is 1040. The third-order valence-corrected chi connectivity index (χ3v) is 5.38. The van der Waals surface area contributed by atoms with E-state index in [2.05, 4.69) is 39.2 Å². The van der Waals surface area contributed by atoms with Crippen LogP contribution in [-0.2, 0) is 0 Å². The Labute approximate surface area is 182 Å². The van der Waals surface area contributed by atoms with Crippen molar-refractivity contribution >= 4 is 23.2 Å². The second kappa shape index (κ2) is 9.04. The predicted molar refractivity (Wildman–Crippen MR) is 122 cm³/mol. The molecule has 0 saturated carbocycles. The Hall–Kier alpha value is -3.61. The van der Waals surface area contributed by atoms with E-state index in [9.17, 15) is 4.79 Å². The van der Waals surface area contributed by atoms with Gasteiger partial charge in [-0.3, -0.25) is 4.79 Å². The highest BCUT2D eigenvalue weighted by Crippen LogP contribution is 2.22. The van der Waals surface area contributed by atoms with Crippen LogP contribution < -0.4 is 15.0 Å². The minimum absolute atomic E-state index is 0.0443. The van der Waals surface area contributed by atoms with Crippen LogP contribution in [0.1, 0.15) is 21.7 Å². The molecule has 0 spiro atoms. The molecule has 31 heavy (non-hydrogen) atoms. The van der Waals surface area contributed by atoms with Crippen molar-refractivity contribution < 1.29 is 9.53 Å². The van der Waals surface area contributed by atoms with Crippen LogP contribution >= 0.6 is 0 Å². The van der Waals surface area contributed by atoms with Gasteiger partial charge in [-0.15, -0.1) is 0 Å². The molecule has 0 unspecified atom stereocenters. The van der Waals surface area contributed by atoms with E-state index < -0.39 is 0 Å². The molecule has 1 aromatic heterocycles. The van der Waals surface area contributed by atoms with Crippen molar-refractivity contribution in [3.05, 3.63) is 71.5 Å². The molecule has 2 aromatic carbocycles. The van der Waals surface area contributed by atoms with Crippen LogP contribution in [0.25, 0.3) is 0 Å². The van der Waals surface area contributed by atoms with Crippen LogP contribution in [-0.4, -0.2) is 54.1 Å². The van der Waals surface area contributed by atoms with Crippen LogP contribution in [0.2, 0.25) is 0 Å². The van der Waals surface area contributed by atoms with E-state index in [1.807, 2.05) is 54.3 Å². The summed E-state index contributed by atoms with van der Waals surface area (Å²) in [6, 6.07) is 17.4. The number of hydrogen-bond acceptors (Lipinski definition) is 6. The van der Waals surface area contributed by atoms with E-state index in [0.29, 0.717) is 24.5 Å². The zero-order valence-electron chi connectivity index (χ0n) is 18.1. The summed E-state index contributed by atoms with van der Waals surface area (Å²) in [6.45, 7) is 6.71. The molecule has 0 bridgehead atoms. The summed E-state index contributed by atoms with van der Waals surface area (Å²) in [6.07, 6.45) is 0. The number of piperazine rings is 1. The summed E-state index contributed by atoms with van der Waals surface area (Å²) in [5.74, 6) is 3.14. The number of nitrogens with zero attached hydrogens (tertiary/aromatic N) is 4. The Morgan fingerprint density at radius 3 is 2.26 bits per heavy atom. The largest absolute Gasteiger partial charge is 0.497 e. The molecule has 160 valence electrons. The quantitative estimate of drug-likeness (QED) is 0.681. The maximum Gasteiger partial charge on any atom is 0.253 e. The van der Waals surface area contributed by atoms with Crippen LogP contribution in [0.5, 0.6) is 5.75 Å². The van der Waals surface area contributed by atoms with Gasteiger partial charge < -0.3 is 19.9 Å². The zero-order chi connectivity index (χ0) is 21.8. The van der Waals surface area contributed by atoms with Crippen LogP contribution in [0.4, 0.5) is 17.3 Å². The van der Waals surface area contributed by atoms with Crippen molar-refractivity contribution in [2.45, 2.75) is 13.8 Å². The van der Waals surface area contributed by atoms with Gasteiger partial charge in [0, 0.05) is 43.5 Å². The van der Waals surface area contributed by atoms with Crippen molar-refractivity contribution in [2.24, 2.45) is 0 Å². The highest BCUT2D eigenvalue weighted by Gasteiger charge is 2.23. The lowest BCUT2D eigenvalue weighted by Gasteiger charge is -2.35. The first-order valence-corrected chi connectivity index (χ1v) is 10.4. The maximum absolute atomic E-state index is 12.8. The number of benzene rings is 2. The number of carbonyl (C=O) groups is 1. The van der Waals surface area contributed by atoms with Crippen molar-refractivity contribution in [3.63, 3.8) is 0 Å². The fourth-order valence-electron chi connectivity index (χ4n) is 3.62. The number of carbonyl (C=O) groups excluding carboxylic acids is 1. The third kappa shape index (κ3) is 4.94. The average Bonchev–Trinajstić information content (AvgIpc) is 2.80. The molecule has 0 aliphatic carbocycles. The molecule has 1 amide bonds. The lowest BCUT2D eigenvalue weighted by molar-refractivity contribution is 0.0746. The summed E-state index contributed by atoms with van der Waals surface area (Å²) in [4.78, 5) is 26.0. The molecule has 7 nitrogen and oxygen atoms in total. The van der Waals surface area contributed by atoms with Gasteiger partial charge in [-0.2, -0.15) is 0 Å². The van der Waals surface area contributed by atoms with Gasteiger partial charge in [0.25, 0.3) is 5.91 Å². The number of rotatable bonds is 5. The second-order valence-electron chi connectivity index (χ2n) is 7.66. The molecule has 0 radical (unpaired) electrons. The van der Waals surface area contributed by atoms with Gasteiger partial charge in [0.1, 0.15) is 23.2 Å². The number of ether oxygens (including phenoxy) is 1. The molecule has 1 fully saturated rings. The second-order valence-corrected chi connectivity index (χ2v) is 7.66. The normalized spacial score (nSPS) is 13.8. The van der Waals surface area contributed by atoms with Gasteiger partial charge in [-0.1, -0.05) is 17.7 Å². The topological polar surface area (TPSA) is 70.6 Å². The van der Waals surface area contributed by atoms with E-state index >= 15 is 0 Å². The SMILES string of the molecule is COc1ccc(C(=O)N2CCN(c3cc(Nc4ccc(C)cc4)nc(C)n3)CC2)cc1. The molecule has 1 aliphatic heterocycles. The van der Waals surface area contributed by atoms with E-state index in [0.717, 1.165) is 36.2 Å². The Kier molecular flexibility index (Phi) is 6.02. The van der Waals surface area contributed by atoms with E-state index in [1.54, 1.807) is 7.11 Å². The Balaban J connectivity index is 1.41. The summed E-state index contributed by atoms with van der Waals surface area (Å²) in [7, 11) is 1.62. The van der Waals surface area contributed by atoms with Crippen molar-refractivity contribution in [1.82, 2.24) is 14.9 Å². The van der Waals surface area contributed by atoms with Gasteiger partial charge in [0.2, 0.25) is 0 Å². The number of methoxy groups -OCH3 is 1. The van der Waals surface area contributed by atoms with Crippen LogP contribution in [0.3, 0.4) is 0 Å². The molecule has 1 aliphatic rings. The van der Waals surface area contributed by atoms with Crippen LogP contribution in [0, 0.1) is 13.8 Å². The number of aryl methyl sites for hydroxylation is 2. The van der Waals surface area contributed by atoms with Gasteiger partial charge in [-0.05, 0) is 50.2 Å². The number of aromatic nitrogens is 2. The average molecular weight is 418 g/mol.